The molecule has 3 atom stereocenters. The number of hydrogen-bond acceptors (Lipinski definition) is 4. The Bertz CT molecular complexity index is 784. The van der Waals surface area contributed by atoms with Crippen LogP contribution in [0, 0.1) is 0 Å². The maximum atomic E-state index is 12.4. The van der Waals surface area contributed by atoms with E-state index < -0.39 is 18.2 Å². The standard InChI is InChI=1S/C48H93NO4/c1-3-5-7-9-11-13-15-17-19-20-21-22-23-24-25-26-27-28-29-31-33-35-37-39-41-45(51)43-48(53)49-46(44-50)47(52)42-40-38-36-34-32-30-18-16-14-12-10-8-6-4-2/h24-25,40,42,45-47,50-52H,3-23,26-39,41,43-44H2,1-2H3,(H,49,53)/b25-24-,42-40+. The zero-order valence-corrected chi connectivity index (χ0v) is 35.7. The Kier molecular flexibility index (Phi) is 42.6. The molecule has 0 rings (SSSR count). The molecule has 0 radical (unpaired) electrons. The molecule has 4 N–H and O–H groups in total. The molecule has 3 unspecified atom stereocenters. The van der Waals surface area contributed by atoms with Crippen LogP contribution in [0.3, 0.4) is 0 Å². The number of amides is 1. The number of unbranched alkanes of at least 4 members (excludes halogenated alkanes) is 32. The molecular weight excluding hydrogens is 655 g/mol. The van der Waals surface area contributed by atoms with Gasteiger partial charge in [0.2, 0.25) is 5.91 Å². The van der Waals surface area contributed by atoms with Crippen LogP contribution in [0.15, 0.2) is 24.3 Å². The SMILES string of the molecule is CCCCCCCCCCCCCC/C=C\CCCCCCCCCCC(O)CC(=O)NC(CO)C(O)/C=C/CCCCCCCCCCCCCC. The smallest absolute Gasteiger partial charge is 0.222 e. The highest BCUT2D eigenvalue weighted by Gasteiger charge is 2.20. The predicted molar refractivity (Wildman–Crippen MR) is 231 cm³/mol. The average Bonchev–Trinajstić information content (AvgIpc) is 3.15. The summed E-state index contributed by atoms with van der Waals surface area (Å²) < 4.78 is 0. The van der Waals surface area contributed by atoms with E-state index in [1.807, 2.05) is 6.08 Å². The lowest BCUT2D eigenvalue weighted by atomic mass is 10.0. The molecule has 5 nitrogen and oxygen atoms in total. The zero-order chi connectivity index (χ0) is 38.7. The van der Waals surface area contributed by atoms with E-state index in [1.165, 1.54) is 199 Å². The maximum absolute atomic E-state index is 12.4. The van der Waals surface area contributed by atoms with Gasteiger partial charge in [0.15, 0.2) is 0 Å². The Morgan fingerprint density at radius 2 is 0.792 bits per heavy atom. The molecule has 0 aromatic heterocycles. The fourth-order valence-electron chi connectivity index (χ4n) is 7.34. The van der Waals surface area contributed by atoms with Crippen LogP contribution in [-0.2, 0) is 4.79 Å². The van der Waals surface area contributed by atoms with Crippen LogP contribution in [0.2, 0.25) is 0 Å². The minimum atomic E-state index is -0.927. The van der Waals surface area contributed by atoms with E-state index in [1.54, 1.807) is 6.08 Å². The van der Waals surface area contributed by atoms with Crippen molar-refractivity contribution in [2.24, 2.45) is 0 Å². The second-order valence-corrected chi connectivity index (χ2v) is 16.4. The Balaban J connectivity index is 3.60. The van der Waals surface area contributed by atoms with Crippen LogP contribution >= 0.6 is 0 Å². The number of nitrogens with one attached hydrogen (secondary N) is 1. The van der Waals surface area contributed by atoms with Gasteiger partial charge in [-0.05, 0) is 44.9 Å². The van der Waals surface area contributed by atoms with E-state index >= 15 is 0 Å². The third-order valence-corrected chi connectivity index (χ3v) is 11.0. The van der Waals surface area contributed by atoms with E-state index in [2.05, 4.69) is 31.3 Å². The molecule has 5 heteroatoms. The highest BCUT2D eigenvalue weighted by atomic mass is 16.3. The third-order valence-electron chi connectivity index (χ3n) is 11.0. The number of allylic oxidation sites excluding steroid dienone is 3. The van der Waals surface area contributed by atoms with Gasteiger partial charge in [-0.15, -0.1) is 0 Å². The van der Waals surface area contributed by atoms with Gasteiger partial charge in [0.1, 0.15) is 0 Å². The fraction of sp³-hybridized carbons (Fsp3) is 0.896. The molecule has 314 valence electrons. The Morgan fingerprint density at radius 3 is 1.15 bits per heavy atom. The molecule has 1 amide bonds. The van der Waals surface area contributed by atoms with E-state index in [4.69, 9.17) is 0 Å². The number of rotatable bonds is 43. The van der Waals surface area contributed by atoms with Crippen LogP contribution in [-0.4, -0.2) is 46.1 Å². The first-order valence-electron chi connectivity index (χ1n) is 23.6. The summed E-state index contributed by atoms with van der Waals surface area (Å²) in [7, 11) is 0. The highest BCUT2D eigenvalue weighted by Crippen LogP contribution is 2.16. The van der Waals surface area contributed by atoms with Gasteiger partial charge >= 0.3 is 0 Å². The number of aliphatic hydroxyl groups is 3. The summed E-state index contributed by atoms with van der Waals surface area (Å²) in [6, 6.07) is -0.743. The lowest BCUT2D eigenvalue weighted by Gasteiger charge is -2.21. The van der Waals surface area contributed by atoms with Crippen LogP contribution in [0.5, 0.6) is 0 Å². The molecule has 0 aliphatic carbocycles. The van der Waals surface area contributed by atoms with Gasteiger partial charge in [0, 0.05) is 0 Å². The first kappa shape index (κ1) is 51.8. The molecule has 0 fully saturated rings. The summed E-state index contributed by atoms with van der Waals surface area (Å²) in [4.78, 5) is 12.4. The summed E-state index contributed by atoms with van der Waals surface area (Å²) in [6.07, 6.45) is 53.3. The number of carbonyl (C=O) groups is 1. The molecule has 0 heterocycles. The monoisotopic (exact) mass is 748 g/mol. The normalized spacial score (nSPS) is 13.7. The summed E-state index contributed by atoms with van der Waals surface area (Å²) in [5, 5.41) is 33.3. The maximum Gasteiger partial charge on any atom is 0.222 e. The van der Waals surface area contributed by atoms with Gasteiger partial charge in [-0.3, -0.25) is 4.79 Å². The molecule has 0 spiro atoms. The van der Waals surface area contributed by atoms with Gasteiger partial charge in [-0.25, -0.2) is 0 Å². The summed E-state index contributed by atoms with van der Waals surface area (Å²) in [6.45, 7) is 4.22. The van der Waals surface area contributed by atoms with Crippen molar-refractivity contribution in [3.8, 4) is 0 Å². The van der Waals surface area contributed by atoms with Crippen molar-refractivity contribution < 1.29 is 20.1 Å². The fourth-order valence-corrected chi connectivity index (χ4v) is 7.34. The molecule has 0 aromatic carbocycles. The first-order chi connectivity index (χ1) is 26.0. The van der Waals surface area contributed by atoms with Crippen molar-refractivity contribution in [3.05, 3.63) is 24.3 Å². The van der Waals surface area contributed by atoms with E-state index in [9.17, 15) is 20.1 Å². The summed E-state index contributed by atoms with van der Waals surface area (Å²) in [5.74, 6) is -0.316. The number of carbonyl (C=O) groups excluding carboxylic acids is 1. The Morgan fingerprint density at radius 1 is 0.472 bits per heavy atom. The zero-order valence-electron chi connectivity index (χ0n) is 35.7. The topological polar surface area (TPSA) is 89.8 Å². The first-order valence-corrected chi connectivity index (χ1v) is 23.6. The quantitative estimate of drug-likeness (QED) is 0.0369. The third kappa shape index (κ3) is 40.3. The number of hydrogen-bond donors (Lipinski definition) is 4. The van der Waals surface area contributed by atoms with Crippen molar-refractivity contribution in [1.29, 1.82) is 0 Å². The van der Waals surface area contributed by atoms with E-state index in [0.29, 0.717) is 6.42 Å². The second kappa shape index (κ2) is 43.6. The molecule has 0 saturated carbocycles. The molecule has 0 saturated heterocycles. The minimum absolute atomic E-state index is 0.0135. The molecule has 0 aliphatic rings. The van der Waals surface area contributed by atoms with Gasteiger partial charge < -0.3 is 20.6 Å². The second-order valence-electron chi connectivity index (χ2n) is 16.4. The lowest BCUT2D eigenvalue weighted by molar-refractivity contribution is -0.124. The number of aliphatic hydroxyl groups excluding tert-OH is 3. The largest absolute Gasteiger partial charge is 0.394 e. The Labute approximate surface area is 331 Å². The highest BCUT2D eigenvalue weighted by molar-refractivity contribution is 5.76. The van der Waals surface area contributed by atoms with Crippen molar-refractivity contribution in [1.82, 2.24) is 5.32 Å². The van der Waals surface area contributed by atoms with Crippen LogP contribution < -0.4 is 5.32 Å². The molecular formula is C48H93NO4. The van der Waals surface area contributed by atoms with Gasteiger partial charge in [-0.1, -0.05) is 224 Å². The molecule has 53 heavy (non-hydrogen) atoms. The predicted octanol–water partition coefficient (Wildman–Crippen LogP) is 13.8. The van der Waals surface area contributed by atoms with Crippen molar-refractivity contribution >= 4 is 5.91 Å². The van der Waals surface area contributed by atoms with Gasteiger partial charge in [-0.2, -0.15) is 0 Å². The molecule has 0 bridgehead atoms. The molecule has 0 aliphatic heterocycles. The molecule has 0 aromatic rings. The van der Waals surface area contributed by atoms with E-state index in [-0.39, 0.29) is 18.9 Å². The van der Waals surface area contributed by atoms with Gasteiger partial charge in [0.05, 0.1) is 31.3 Å². The lowest BCUT2D eigenvalue weighted by Crippen LogP contribution is -2.45. The van der Waals surface area contributed by atoms with Crippen molar-refractivity contribution in [3.63, 3.8) is 0 Å². The van der Waals surface area contributed by atoms with Crippen LogP contribution in [0.1, 0.15) is 251 Å². The van der Waals surface area contributed by atoms with Crippen LogP contribution in [0.25, 0.3) is 0 Å². The van der Waals surface area contributed by atoms with Gasteiger partial charge in [0.25, 0.3) is 0 Å². The van der Waals surface area contributed by atoms with Crippen LogP contribution in [0.4, 0.5) is 0 Å². The summed E-state index contributed by atoms with van der Waals surface area (Å²) in [5.41, 5.74) is 0. The minimum Gasteiger partial charge on any atom is -0.394 e. The van der Waals surface area contributed by atoms with Crippen molar-refractivity contribution in [2.45, 2.75) is 270 Å². The average molecular weight is 748 g/mol. The Hall–Kier alpha value is -1.17. The van der Waals surface area contributed by atoms with Crippen molar-refractivity contribution in [2.75, 3.05) is 6.61 Å². The summed E-state index contributed by atoms with van der Waals surface area (Å²) >= 11 is 0. The van der Waals surface area contributed by atoms with E-state index in [0.717, 1.165) is 25.7 Å².